The van der Waals surface area contributed by atoms with Crippen LogP contribution in [0.3, 0.4) is 0 Å². The Kier molecular flexibility index (Phi) is 4.20. The average molecular weight is 277 g/mol. The summed E-state index contributed by atoms with van der Waals surface area (Å²) in [5, 5.41) is 9.93. The summed E-state index contributed by atoms with van der Waals surface area (Å²) in [5.41, 5.74) is 3.04. The van der Waals surface area contributed by atoms with Crippen LogP contribution in [0.2, 0.25) is 5.02 Å². The van der Waals surface area contributed by atoms with E-state index in [1.807, 2.05) is 18.2 Å². The zero-order chi connectivity index (χ0) is 13.8. The average Bonchev–Trinajstić information content (AvgIpc) is 2.46. The van der Waals surface area contributed by atoms with E-state index in [2.05, 4.69) is 4.74 Å². The molecular formula is C15H13ClO3. The number of carbonyl (C=O) groups excluding carboxylic acids is 1. The van der Waals surface area contributed by atoms with Crippen molar-refractivity contribution in [3.05, 3.63) is 58.6 Å². The maximum atomic E-state index is 11.3. The Bertz CT molecular complexity index is 591. The highest BCUT2D eigenvalue weighted by molar-refractivity contribution is 6.30. The summed E-state index contributed by atoms with van der Waals surface area (Å²) in [7, 11) is 1.35. The van der Waals surface area contributed by atoms with Gasteiger partial charge in [0.1, 0.15) is 0 Å². The molecule has 0 aromatic heterocycles. The van der Waals surface area contributed by atoms with Crippen molar-refractivity contribution in [2.24, 2.45) is 0 Å². The fourth-order valence-electron chi connectivity index (χ4n) is 1.88. The molecule has 2 aromatic rings. The van der Waals surface area contributed by atoms with Gasteiger partial charge in [0.2, 0.25) is 0 Å². The third kappa shape index (κ3) is 2.95. The summed E-state index contributed by atoms with van der Waals surface area (Å²) >= 11 is 5.90. The lowest BCUT2D eigenvalue weighted by molar-refractivity contribution is 0.0601. The first-order valence-corrected chi connectivity index (χ1v) is 6.11. The summed E-state index contributed by atoms with van der Waals surface area (Å²) in [6.07, 6.45) is 0. The van der Waals surface area contributed by atoms with E-state index in [1.165, 1.54) is 7.11 Å². The number of benzene rings is 2. The van der Waals surface area contributed by atoms with E-state index < -0.39 is 0 Å². The lowest BCUT2D eigenvalue weighted by Crippen LogP contribution is -2.00. The Balaban J connectivity index is 2.40. The Labute approximate surface area is 116 Å². The smallest absolute Gasteiger partial charge is 0.337 e. The second kappa shape index (κ2) is 5.87. The molecule has 1 N–H and O–H groups in total. The molecule has 2 rings (SSSR count). The fraction of sp³-hybridized carbons (Fsp3) is 0.133. The van der Waals surface area contributed by atoms with Crippen molar-refractivity contribution >= 4 is 17.6 Å². The molecule has 0 atom stereocenters. The molecule has 98 valence electrons. The molecule has 0 heterocycles. The largest absolute Gasteiger partial charge is 0.465 e. The van der Waals surface area contributed by atoms with E-state index in [9.17, 15) is 9.90 Å². The van der Waals surface area contributed by atoms with Gasteiger partial charge in [-0.15, -0.1) is 0 Å². The van der Waals surface area contributed by atoms with Crippen molar-refractivity contribution in [3.63, 3.8) is 0 Å². The minimum Gasteiger partial charge on any atom is -0.465 e. The van der Waals surface area contributed by atoms with Gasteiger partial charge in [0.15, 0.2) is 0 Å². The van der Waals surface area contributed by atoms with Crippen molar-refractivity contribution in [3.8, 4) is 11.1 Å². The molecule has 0 saturated carbocycles. The van der Waals surface area contributed by atoms with Crippen molar-refractivity contribution in [1.29, 1.82) is 0 Å². The Morgan fingerprint density at radius 1 is 1.21 bits per heavy atom. The molecule has 0 aliphatic rings. The van der Waals surface area contributed by atoms with Crippen molar-refractivity contribution in [1.82, 2.24) is 0 Å². The maximum absolute atomic E-state index is 11.3. The molecule has 0 radical (unpaired) electrons. The number of hydrogen-bond acceptors (Lipinski definition) is 3. The molecule has 0 fully saturated rings. The van der Waals surface area contributed by atoms with E-state index in [1.54, 1.807) is 24.3 Å². The number of hydrogen-bond donors (Lipinski definition) is 1. The molecule has 0 saturated heterocycles. The minimum absolute atomic E-state index is 0.0886. The number of rotatable bonds is 3. The molecule has 0 unspecified atom stereocenters. The van der Waals surface area contributed by atoms with Crippen molar-refractivity contribution < 1.29 is 14.6 Å². The molecule has 19 heavy (non-hydrogen) atoms. The number of methoxy groups -OCH3 is 1. The van der Waals surface area contributed by atoms with E-state index in [4.69, 9.17) is 11.6 Å². The molecule has 0 aliphatic heterocycles. The molecule has 3 nitrogen and oxygen atoms in total. The second-order valence-electron chi connectivity index (χ2n) is 4.03. The third-order valence-electron chi connectivity index (χ3n) is 2.85. The summed E-state index contributed by atoms with van der Waals surface area (Å²) in [6, 6.07) is 12.4. The molecule has 0 aliphatic carbocycles. The maximum Gasteiger partial charge on any atom is 0.337 e. The quantitative estimate of drug-likeness (QED) is 0.875. The van der Waals surface area contributed by atoms with Gasteiger partial charge >= 0.3 is 5.97 Å². The van der Waals surface area contributed by atoms with Gasteiger partial charge in [0.05, 0.1) is 19.3 Å². The van der Waals surface area contributed by atoms with Crippen LogP contribution in [0.1, 0.15) is 15.9 Å². The molecule has 0 amide bonds. The van der Waals surface area contributed by atoms with Gasteiger partial charge in [0.25, 0.3) is 0 Å². The standard InChI is InChI=1S/C15H13ClO3/c1-19-15(18)11-4-2-10(3-5-11)14-7-6-13(16)8-12(14)9-17/h2-8,17H,9H2,1H3. The van der Waals surface area contributed by atoms with Crippen LogP contribution in [0.4, 0.5) is 0 Å². The summed E-state index contributed by atoms with van der Waals surface area (Å²) in [5.74, 6) is -0.370. The number of esters is 1. The predicted molar refractivity (Wildman–Crippen MR) is 74.2 cm³/mol. The zero-order valence-corrected chi connectivity index (χ0v) is 11.1. The lowest BCUT2D eigenvalue weighted by Gasteiger charge is -2.09. The van der Waals surface area contributed by atoms with E-state index >= 15 is 0 Å². The first kappa shape index (κ1) is 13.6. The molecule has 0 spiro atoms. The predicted octanol–water partition coefficient (Wildman–Crippen LogP) is 3.29. The molecule has 4 heteroatoms. The van der Waals surface area contributed by atoms with E-state index in [0.29, 0.717) is 10.6 Å². The normalized spacial score (nSPS) is 10.3. The van der Waals surface area contributed by atoms with Crippen molar-refractivity contribution in [2.45, 2.75) is 6.61 Å². The first-order valence-electron chi connectivity index (χ1n) is 5.73. The van der Waals surface area contributed by atoms with Gasteiger partial charge in [-0.05, 0) is 41.0 Å². The van der Waals surface area contributed by atoms with Gasteiger partial charge in [-0.1, -0.05) is 29.8 Å². The first-order chi connectivity index (χ1) is 9.15. The highest BCUT2D eigenvalue weighted by Gasteiger charge is 2.08. The van der Waals surface area contributed by atoms with Crippen LogP contribution in [0, 0.1) is 0 Å². The molecular weight excluding hydrogens is 264 g/mol. The minimum atomic E-state index is -0.370. The third-order valence-corrected chi connectivity index (χ3v) is 3.09. The number of aliphatic hydroxyl groups excluding tert-OH is 1. The van der Waals surface area contributed by atoms with Crippen LogP contribution in [-0.4, -0.2) is 18.2 Å². The number of carbonyl (C=O) groups is 1. The monoisotopic (exact) mass is 276 g/mol. The molecule has 2 aromatic carbocycles. The Morgan fingerprint density at radius 2 is 1.89 bits per heavy atom. The fourth-order valence-corrected chi connectivity index (χ4v) is 2.07. The van der Waals surface area contributed by atoms with Gasteiger partial charge in [-0.25, -0.2) is 4.79 Å². The van der Waals surface area contributed by atoms with Crippen LogP contribution in [0.5, 0.6) is 0 Å². The van der Waals surface area contributed by atoms with Crippen LogP contribution in [0.15, 0.2) is 42.5 Å². The van der Waals surface area contributed by atoms with Gasteiger partial charge in [0, 0.05) is 5.02 Å². The summed E-state index contributed by atoms with van der Waals surface area (Å²) < 4.78 is 4.65. The number of halogens is 1. The van der Waals surface area contributed by atoms with E-state index in [0.717, 1.165) is 16.7 Å². The highest BCUT2D eigenvalue weighted by atomic mass is 35.5. The van der Waals surface area contributed by atoms with Crippen LogP contribution < -0.4 is 0 Å². The number of ether oxygens (including phenoxy) is 1. The van der Waals surface area contributed by atoms with Crippen LogP contribution in [-0.2, 0) is 11.3 Å². The van der Waals surface area contributed by atoms with E-state index in [-0.39, 0.29) is 12.6 Å². The Morgan fingerprint density at radius 3 is 2.47 bits per heavy atom. The zero-order valence-electron chi connectivity index (χ0n) is 10.4. The number of aliphatic hydroxyl groups is 1. The SMILES string of the molecule is COC(=O)c1ccc(-c2ccc(Cl)cc2CO)cc1. The second-order valence-corrected chi connectivity index (χ2v) is 4.46. The summed E-state index contributed by atoms with van der Waals surface area (Å²) in [4.78, 5) is 11.3. The van der Waals surface area contributed by atoms with Crippen molar-refractivity contribution in [2.75, 3.05) is 7.11 Å². The topological polar surface area (TPSA) is 46.5 Å². The Hall–Kier alpha value is -1.84. The molecule has 0 bridgehead atoms. The van der Waals surface area contributed by atoms with Gasteiger partial charge in [-0.3, -0.25) is 0 Å². The summed E-state index contributed by atoms with van der Waals surface area (Å²) in [6.45, 7) is -0.0886. The van der Waals surface area contributed by atoms with Crippen LogP contribution in [0.25, 0.3) is 11.1 Å². The highest BCUT2D eigenvalue weighted by Crippen LogP contribution is 2.27. The van der Waals surface area contributed by atoms with Crippen LogP contribution >= 0.6 is 11.6 Å². The lowest BCUT2D eigenvalue weighted by atomic mass is 9.99. The van der Waals surface area contributed by atoms with Gasteiger partial charge in [-0.2, -0.15) is 0 Å². The van der Waals surface area contributed by atoms with Gasteiger partial charge < -0.3 is 9.84 Å².